The number of hydrogen-bond donors (Lipinski definition) is 2. The van der Waals surface area contributed by atoms with Crippen LogP contribution in [0.1, 0.15) is 45.8 Å². The van der Waals surface area contributed by atoms with Crippen LogP contribution in [0.25, 0.3) is 11.0 Å². The summed E-state index contributed by atoms with van der Waals surface area (Å²) in [5, 5.41) is 22.1. The zero-order chi connectivity index (χ0) is 28.8. The molecule has 7 rings (SSSR count). The summed E-state index contributed by atoms with van der Waals surface area (Å²) in [7, 11) is 0. The number of hydrogen-bond acceptors (Lipinski definition) is 8. The second-order valence-corrected chi connectivity index (χ2v) is 11.1. The summed E-state index contributed by atoms with van der Waals surface area (Å²) in [6.45, 7) is 3.71. The molecule has 0 bridgehead atoms. The molecule has 0 radical (unpaired) electrons. The van der Waals surface area contributed by atoms with Gasteiger partial charge in [0, 0.05) is 37.4 Å². The maximum absolute atomic E-state index is 14.3. The number of carbonyl (C=O) groups is 1. The average molecular weight is 569 g/mol. The van der Waals surface area contributed by atoms with Gasteiger partial charge in [-0.2, -0.15) is 5.26 Å². The van der Waals surface area contributed by atoms with Crippen LogP contribution in [0.3, 0.4) is 0 Å². The number of halogens is 1. The third-order valence-electron chi connectivity index (χ3n) is 8.56. The summed E-state index contributed by atoms with van der Waals surface area (Å²) in [4.78, 5) is 23.6. The van der Waals surface area contributed by atoms with E-state index < -0.39 is 11.8 Å². The van der Waals surface area contributed by atoms with Crippen molar-refractivity contribution >= 4 is 17.0 Å². The molecule has 42 heavy (non-hydrogen) atoms. The topological polar surface area (TPSA) is 135 Å². The Morgan fingerprint density at radius 3 is 2.86 bits per heavy atom. The van der Waals surface area contributed by atoms with Gasteiger partial charge in [-0.15, -0.1) is 0 Å². The number of aromatic nitrogens is 3. The van der Waals surface area contributed by atoms with Gasteiger partial charge in [0.25, 0.3) is 0 Å². The van der Waals surface area contributed by atoms with Crippen molar-refractivity contribution in [3.63, 3.8) is 0 Å². The summed E-state index contributed by atoms with van der Waals surface area (Å²) in [5.74, 6) is -0.105. The molecule has 0 amide bonds. The molecule has 2 unspecified atom stereocenters. The Labute approximate surface area is 241 Å². The quantitative estimate of drug-likeness (QED) is 0.291. The number of pyridine rings is 1. The normalized spacial score (nSPS) is 23.1. The predicted molar refractivity (Wildman–Crippen MR) is 149 cm³/mol. The van der Waals surface area contributed by atoms with Crippen LogP contribution in [-0.2, 0) is 30.0 Å². The molecule has 2 N–H and O–H groups in total. The Bertz CT molecular complexity index is 1730. The van der Waals surface area contributed by atoms with E-state index in [9.17, 15) is 14.3 Å². The van der Waals surface area contributed by atoms with E-state index in [1.807, 2.05) is 18.2 Å². The number of piperidine rings is 1. The van der Waals surface area contributed by atoms with Gasteiger partial charge in [0.05, 0.1) is 58.7 Å². The highest BCUT2D eigenvalue weighted by molar-refractivity contribution is 5.92. The summed E-state index contributed by atoms with van der Waals surface area (Å²) >= 11 is 0. The van der Waals surface area contributed by atoms with Gasteiger partial charge in [0.1, 0.15) is 18.2 Å². The van der Waals surface area contributed by atoms with Crippen molar-refractivity contribution < 1.29 is 23.8 Å². The van der Waals surface area contributed by atoms with Crippen LogP contribution in [0.2, 0.25) is 0 Å². The number of nitrogens with one attached hydrogen (secondary N) is 1. The molecule has 214 valence electrons. The molecule has 3 fully saturated rings. The number of rotatable bonds is 9. The van der Waals surface area contributed by atoms with Crippen molar-refractivity contribution in [2.75, 3.05) is 19.7 Å². The zero-order valence-electron chi connectivity index (χ0n) is 22.8. The molecule has 0 spiro atoms. The Hall–Kier alpha value is -4.37. The lowest BCUT2D eigenvalue weighted by molar-refractivity contribution is -0.0592. The van der Waals surface area contributed by atoms with Crippen LogP contribution >= 0.6 is 0 Å². The van der Waals surface area contributed by atoms with Crippen LogP contribution in [-0.4, -0.2) is 62.4 Å². The molecule has 5 heterocycles. The molecule has 10 nitrogen and oxygen atoms in total. The number of ether oxygens (including phenoxy) is 2. The van der Waals surface area contributed by atoms with Crippen molar-refractivity contribution in [2.45, 2.75) is 50.2 Å². The number of likely N-dealkylation sites (tertiary alicyclic amines) is 1. The highest BCUT2D eigenvalue weighted by atomic mass is 19.1. The summed E-state index contributed by atoms with van der Waals surface area (Å²) in [5.41, 5.74) is 3.15. The Morgan fingerprint density at radius 2 is 2.12 bits per heavy atom. The van der Waals surface area contributed by atoms with Crippen LogP contribution in [0.5, 0.6) is 5.88 Å². The van der Waals surface area contributed by atoms with Gasteiger partial charge in [-0.1, -0.05) is 12.1 Å². The number of carboxylic acids is 1. The molecular formula is C31H29FN6O4. The van der Waals surface area contributed by atoms with Gasteiger partial charge in [-0.3, -0.25) is 10.2 Å². The van der Waals surface area contributed by atoms with Crippen LogP contribution < -0.4 is 10.1 Å². The smallest absolute Gasteiger partial charge is 0.335 e. The van der Waals surface area contributed by atoms with Crippen molar-refractivity contribution in [1.29, 1.82) is 5.26 Å². The molecular weight excluding hydrogens is 539 g/mol. The predicted octanol–water partition coefficient (Wildman–Crippen LogP) is 3.58. The summed E-state index contributed by atoms with van der Waals surface area (Å²) in [6.07, 6.45) is 1.95. The Morgan fingerprint density at radius 1 is 1.24 bits per heavy atom. The SMILES string of the molecule is N#Cc1ccc(COc2cccc(C34CCN(Cc5nc6ccc(C(=O)O)cc6n5C[C@H]5CCO5)CC3N4)n2)c(F)c1. The average Bonchev–Trinajstić information content (AvgIpc) is 3.62. The van der Waals surface area contributed by atoms with Gasteiger partial charge in [0.2, 0.25) is 5.88 Å². The first-order chi connectivity index (χ1) is 20.4. The number of benzene rings is 2. The van der Waals surface area contributed by atoms with E-state index in [-0.39, 0.29) is 35.4 Å². The van der Waals surface area contributed by atoms with Gasteiger partial charge in [-0.25, -0.2) is 19.2 Å². The maximum atomic E-state index is 14.3. The van der Waals surface area contributed by atoms with Crippen molar-refractivity contribution in [1.82, 2.24) is 24.8 Å². The minimum atomic E-state index is -0.956. The van der Waals surface area contributed by atoms with E-state index in [1.54, 1.807) is 36.4 Å². The largest absolute Gasteiger partial charge is 0.478 e. The van der Waals surface area contributed by atoms with Crippen molar-refractivity contribution in [2.24, 2.45) is 0 Å². The third-order valence-corrected chi connectivity index (χ3v) is 8.56. The molecule has 3 atom stereocenters. The fraction of sp³-hybridized carbons (Fsp3) is 0.355. The molecule has 2 aromatic heterocycles. The molecule has 2 aromatic carbocycles. The van der Waals surface area contributed by atoms with Crippen LogP contribution in [0.4, 0.5) is 4.39 Å². The molecule has 0 saturated carbocycles. The standard InChI is InChI=1S/C31H29FN6O4/c32-23-12-19(14-33)4-5-21(23)18-42-29-3-1-2-26(35-29)31-9-10-37(16-27(31)36-31)17-28-34-24-7-6-20(30(39)40)13-25(24)38(28)15-22-8-11-41-22/h1-7,12-13,22,27,36H,8-11,15-18H2,(H,39,40)/t22-,27?,31?/m1/s1. The van der Waals surface area contributed by atoms with Gasteiger partial charge in [0.15, 0.2) is 0 Å². The number of fused-ring (bicyclic) bond motifs is 2. The van der Waals surface area contributed by atoms with E-state index in [2.05, 4.69) is 14.8 Å². The minimum absolute atomic E-state index is 0.0203. The summed E-state index contributed by atoms with van der Waals surface area (Å²) in [6, 6.07) is 17.2. The lowest BCUT2D eigenvalue weighted by atomic mass is 9.92. The zero-order valence-corrected chi connectivity index (χ0v) is 22.8. The van der Waals surface area contributed by atoms with Crippen LogP contribution in [0, 0.1) is 17.1 Å². The lowest BCUT2D eigenvalue weighted by Gasteiger charge is -2.31. The number of nitriles is 1. The number of carboxylic acid groups (broad SMARTS) is 1. The van der Waals surface area contributed by atoms with E-state index in [0.29, 0.717) is 24.5 Å². The lowest BCUT2D eigenvalue weighted by Crippen LogP contribution is -2.39. The Kier molecular flexibility index (Phi) is 6.61. The van der Waals surface area contributed by atoms with E-state index in [1.165, 1.54) is 6.07 Å². The molecule has 3 aliphatic rings. The van der Waals surface area contributed by atoms with Gasteiger partial charge in [-0.05, 0) is 49.2 Å². The monoisotopic (exact) mass is 568 g/mol. The Balaban J connectivity index is 1.04. The molecule has 11 heteroatoms. The van der Waals surface area contributed by atoms with E-state index in [4.69, 9.17) is 24.7 Å². The highest BCUT2D eigenvalue weighted by Crippen LogP contribution is 2.44. The molecule has 4 aromatic rings. The molecule has 3 saturated heterocycles. The first-order valence-corrected chi connectivity index (χ1v) is 14.0. The fourth-order valence-electron chi connectivity index (χ4n) is 6.02. The van der Waals surface area contributed by atoms with Crippen molar-refractivity contribution in [3.05, 3.63) is 88.6 Å². The summed E-state index contributed by atoms with van der Waals surface area (Å²) < 4.78 is 27.9. The second kappa shape index (κ2) is 10.5. The number of aromatic carboxylic acids is 1. The van der Waals surface area contributed by atoms with Crippen molar-refractivity contribution in [3.8, 4) is 11.9 Å². The van der Waals surface area contributed by atoms with E-state index in [0.717, 1.165) is 55.1 Å². The fourth-order valence-corrected chi connectivity index (χ4v) is 6.02. The minimum Gasteiger partial charge on any atom is -0.478 e. The van der Waals surface area contributed by atoms with E-state index >= 15 is 0 Å². The van der Waals surface area contributed by atoms with Gasteiger partial charge < -0.3 is 19.1 Å². The first-order valence-electron chi connectivity index (χ1n) is 14.0. The number of nitrogens with zero attached hydrogens (tertiary/aromatic N) is 5. The highest BCUT2D eigenvalue weighted by Gasteiger charge is 2.58. The third kappa shape index (κ3) is 4.87. The number of imidazole rings is 1. The maximum Gasteiger partial charge on any atom is 0.335 e. The first kappa shape index (κ1) is 26.5. The molecule has 3 aliphatic heterocycles. The second-order valence-electron chi connectivity index (χ2n) is 11.1. The van der Waals surface area contributed by atoms with Crippen LogP contribution in [0.15, 0.2) is 54.6 Å². The molecule has 0 aliphatic carbocycles. The van der Waals surface area contributed by atoms with Gasteiger partial charge >= 0.3 is 5.97 Å².